The second-order valence-electron chi connectivity index (χ2n) is 4.25. The molecule has 4 nitrogen and oxygen atoms in total. The highest BCUT2D eigenvalue weighted by molar-refractivity contribution is 9.10. The lowest BCUT2D eigenvalue weighted by Gasteiger charge is -2.25. The minimum atomic E-state index is 0.646. The number of nitrogens with zero attached hydrogens (tertiary/aromatic N) is 2. The van der Waals surface area contributed by atoms with Crippen LogP contribution in [0.3, 0.4) is 0 Å². The number of hydrogen-bond acceptors (Lipinski definition) is 4. The first-order chi connectivity index (χ1) is 8.31. The van der Waals surface area contributed by atoms with Gasteiger partial charge in [0, 0.05) is 16.5 Å². The maximum Gasteiger partial charge on any atom is 0.227 e. The van der Waals surface area contributed by atoms with Gasteiger partial charge in [-0.25, -0.2) is 0 Å². The lowest BCUT2D eigenvalue weighted by Crippen LogP contribution is -2.43. The third-order valence-electron chi connectivity index (χ3n) is 2.90. The molecule has 1 N–H and O–H groups in total. The maximum absolute atomic E-state index is 5.26. The summed E-state index contributed by atoms with van der Waals surface area (Å²) in [5.41, 5.74) is 0.981. The fourth-order valence-electron chi connectivity index (χ4n) is 1.79. The quantitative estimate of drug-likeness (QED) is 0.943. The molecule has 17 heavy (non-hydrogen) atoms. The van der Waals surface area contributed by atoms with Gasteiger partial charge < -0.3 is 9.84 Å². The zero-order valence-electron chi connectivity index (χ0n) is 9.19. The molecule has 2 aromatic rings. The second kappa shape index (κ2) is 4.58. The van der Waals surface area contributed by atoms with E-state index in [9.17, 15) is 0 Å². The molecule has 1 aromatic carbocycles. The van der Waals surface area contributed by atoms with Gasteiger partial charge >= 0.3 is 0 Å². The number of hydrogen-bond donors (Lipinski definition) is 1. The van der Waals surface area contributed by atoms with E-state index >= 15 is 0 Å². The molecule has 0 aliphatic carbocycles. The Morgan fingerprint density at radius 3 is 2.71 bits per heavy atom. The standard InChI is InChI=1S/C12H12BrN3O/c13-10-3-1-9(2-4-10)12-15-11(17-16-12)5-8-6-14-7-8/h1-4,8,14H,5-7H2. The Hall–Kier alpha value is -1.20. The van der Waals surface area contributed by atoms with E-state index in [0.717, 1.165) is 35.4 Å². The van der Waals surface area contributed by atoms with Crippen molar-refractivity contribution < 1.29 is 4.52 Å². The maximum atomic E-state index is 5.26. The first-order valence-corrected chi connectivity index (χ1v) is 6.40. The first-order valence-electron chi connectivity index (χ1n) is 5.60. The van der Waals surface area contributed by atoms with E-state index in [4.69, 9.17) is 4.52 Å². The zero-order chi connectivity index (χ0) is 11.7. The summed E-state index contributed by atoms with van der Waals surface area (Å²) < 4.78 is 6.30. The number of halogens is 1. The van der Waals surface area contributed by atoms with Crippen LogP contribution in [-0.4, -0.2) is 23.2 Å². The lowest BCUT2D eigenvalue weighted by atomic mass is 10.00. The van der Waals surface area contributed by atoms with Crippen LogP contribution < -0.4 is 5.32 Å². The minimum absolute atomic E-state index is 0.646. The summed E-state index contributed by atoms with van der Waals surface area (Å²) >= 11 is 3.40. The third-order valence-corrected chi connectivity index (χ3v) is 3.43. The molecule has 0 saturated carbocycles. The van der Waals surface area contributed by atoms with E-state index in [1.807, 2.05) is 24.3 Å². The Labute approximate surface area is 108 Å². The van der Waals surface area contributed by atoms with Crippen LogP contribution in [0.25, 0.3) is 11.4 Å². The zero-order valence-corrected chi connectivity index (χ0v) is 10.8. The van der Waals surface area contributed by atoms with Crippen molar-refractivity contribution >= 4 is 15.9 Å². The van der Waals surface area contributed by atoms with Crippen LogP contribution in [0.2, 0.25) is 0 Å². The molecule has 1 aromatic heterocycles. The van der Waals surface area contributed by atoms with Crippen LogP contribution in [-0.2, 0) is 6.42 Å². The summed E-state index contributed by atoms with van der Waals surface area (Å²) in [6.45, 7) is 2.10. The molecule has 0 atom stereocenters. The molecular weight excluding hydrogens is 282 g/mol. The average Bonchev–Trinajstić information content (AvgIpc) is 2.73. The van der Waals surface area contributed by atoms with Crippen LogP contribution in [0.1, 0.15) is 5.89 Å². The molecule has 0 radical (unpaired) electrons. The Bertz CT molecular complexity index is 505. The molecule has 3 rings (SSSR count). The van der Waals surface area contributed by atoms with Crippen LogP contribution in [0, 0.1) is 5.92 Å². The molecular formula is C12H12BrN3O. The van der Waals surface area contributed by atoms with E-state index in [-0.39, 0.29) is 0 Å². The molecule has 1 fully saturated rings. The number of nitrogens with one attached hydrogen (secondary N) is 1. The van der Waals surface area contributed by atoms with Crippen LogP contribution in [0.5, 0.6) is 0 Å². The monoisotopic (exact) mass is 293 g/mol. The third kappa shape index (κ3) is 2.40. The normalized spacial score (nSPS) is 15.8. The summed E-state index contributed by atoms with van der Waals surface area (Å²) in [7, 11) is 0. The molecule has 5 heteroatoms. The Morgan fingerprint density at radius 1 is 1.29 bits per heavy atom. The van der Waals surface area contributed by atoms with E-state index in [2.05, 4.69) is 31.4 Å². The largest absolute Gasteiger partial charge is 0.339 e. The molecule has 1 aliphatic rings. The molecule has 0 amide bonds. The molecule has 0 bridgehead atoms. The predicted octanol–water partition coefficient (Wildman–Crippen LogP) is 2.26. The fraction of sp³-hybridized carbons (Fsp3) is 0.333. The van der Waals surface area contributed by atoms with Gasteiger partial charge in [0.2, 0.25) is 11.7 Å². The topological polar surface area (TPSA) is 51.0 Å². The van der Waals surface area contributed by atoms with Crippen LogP contribution in [0.15, 0.2) is 33.3 Å². The van der Waals surface area contributed by atoms with E-state index in [1.165, 1.54) is 0 Å². The molecule has 0 unspecified atom stereocenters. The summed E-state index contributed by atoms with van der Waals surface area (Å²) in [4.78, 5) is 4.41. The van der Waals surface area contributed by atoms with E-state index in [1.54, 1.807) is 0 Å². The van der Waals surface area contributed by atoms with Gasteiger partial charge in [0.15, 0.2) is 0 Å². The van der Waals surface area contributed by atoms with Gasteiger partial charge in [-0.1, -0.05) is 21.1 Å². The van der Waals surface area contributed by atoms with Gasteiger partial charge in [-0.3, -0.25) is 0 Å². The van der Waals surface area contributed by atoms with Crippen LogP contribution >= 0.6 is 15.9 Å². The molecule has 2 heterocycles. The van der Waals surface area contributed by atoms with Gasteiger partial charge in [-0.15, -0.1) is 0 Å². The van der Waals surface area contributed by atoms with E-state index < -0.39 is 0 Å². The summed E-state index contributed by atoms with van der Waals surface area (Å²) in [6.07, 6.45) is 0.872. The predicted molar refractivity (Wildman–Crippen MR) is 67.5 cm³/mol. The van der Waals surface area contributed by atoms with Gasteiger partial charge in [0.1, 0.15) is 0 Å². The molecule has 1 saturated heterocycles. The molecule has 88 valence electrons. The second-order valence-corrected chi connectivity index (χ2v) is 5.16. The van der Waals surface area contributed by atoms with E-state index in [0.29, 0.717) is 11.7 Å². The van der Waals surface area contributed by atoms with Crippen molar-refractivity contribution in [3.8, 4) is 11.4 Å². The van der Waals surface area contributed by atoms with Crippen molar-refractivity contribution in [2.75, 3.05) is 13.1 Å². The molecule has 1 aliphatic heterocycles. The van der Waals surface area contributed by atoms with Gasteiger partial charge in [-0.05, 0) is 43.3 Å². The highest BCUT2D eigenvalue weighted by Gasteiger charge is 2.20. The summed E-state index contributed by atoms with van der Waals surface area (Å²) in [6, 6.07) is 7.90. The van der Waals surface area contributed by atoms with Crippen molar-refractivity contribution in [3.05, 3.63) is 34.6 Å². The number of benzene rings is 1. The summed E-state index contributed by atoms with van der Waals surface area (Å²) in [5, 5.41) is 7.24. The van der Waals surface area contributed by atoms with Gasteiger partial charge in [0.25, 0.3) is 0 Å². The van der Waals surface area contributed by atoms with Crippen molar-refractivity contribution in [2.45, 2.75) is 6.42 Å². The van der Waals surface area contributed by atoms with Crippen LogP contribution in [0.4, 0.5) is 0 Å². The van der Waals surface area contributed by atoms with Gasteiger partial charge in [0.05, 0.1) is 0 Å². The molecule has 0 spiro atoms. The summed E-state index contributed by atoms with van der Waals surface area (Å²) in [5.74, 6) is 2.04. The SMILES string of the molecule is Brc1ccc(-c2noc(CC3CNC3)n2)cc1. The first kappa shape index (κ1) is 10.9. The lowest BCUT2D eigenvalue weighted by molar-refractivity contribution is 0.296. The Balaban J connectivity index is 1.76. The fourth-order valence-corrected chi connectivity index (χ4v) is 2.06. The van der Waals surface area contributed by atoms with Crippen molar-refractivity contribution in [1.29, 1.82) is 0 Å². The Kier molecular flexibility index (Phi) is 2.94. The number of rotatable bonds is 3. The highest BCUT2D eigenvalue weighted by atomic mass is 79.9. The average molecular weight is 294 g/mol. The number of aromatic nitrogens is 2. The smallest absolute Gasteiger partial charge is 0.227 e. The van der Waals surface area contributed by atoms with Crippen molar-refractivity contribution in [1.82, 2.24) is 15.5 Å². The van der Waals surface area contributed by atoms with Crippen molar-refractivity contribution in [3.63, 3.8) is 0 Å². The van der Waals surface area contributed by atoms with Crippen molar-refractivity contribution in [2.24, 2.45) is 5.92 Å². The van der Waals surface area contributed by atoms with Gasteiger partial charge in [-0.2, -0.15) is 4.98 Å². The Morgan fingerprint density at radius 2 is 2.06 bits per heavy atom. The minimum Gasteiger partial charge on any atom is -0.339 e. The highest BCUT2D eigenvalue weighted by Crippen LogP contribution is 2.20.